The van der Waals surface area contributed by atoms with Crippen LogP contribution in [0.1, 0.15) is 24.2 Å². The van der Waals surface area contributed by atoms with Gasteiger partial charge in [-0.2, -0.15) is 0 Å². The number of nitrogens with zero attached hydrogens (tertiary/aromatic N) is 1. The van der Waals surface area contributed by atoms with Crippen molar-refractivity contribution in [1.29, 1.82) is 0 Å². The highest BCUT2D eigenvalue weighted by atomic mass is 19.1. The highest BCUT2D eigenvalue weighted by Crippen LogP contribution is 2.37. The number of nitrogens with one attached hydrogen (secondary N) is 1. The summed E-state index contributed by atoms with van der Waals surface area (Å²) < 4.78 is 14.6. The van der Waals surface area contributed by atoms with Crippen LogP contribution in [0.4, 0.5) is 15.8 Å². The topological polar surface area (TPSA) is 32.3 Å². The zero-order chi connectivity index (χ0) is 15.0. The average molecular weight is 284 g/mol. The minimum absolute atomic E-state index is 0.242. The predicted molar refractivity (Wildman–Crippen MR) is 81.5 cm³/mol. The molecule has 1 aliphatic rings. The van der Waals surface area contributed by atoms with E-state index in [1.165, 1.54) is 13.8 Å². The van der Waals surface area contributed by atoms with Gasteiger partial charge in [-0.3, -0.25) is 4.79 Å². The lowest BCUT2D eigenvalue weighted by atomic mass is 9.99. The summed E-state index contributed by atoms with van der Waals surface area (Å²) in [5.74, 6) is -0.242. The number of hydrogen-bond acceptors (Lipinski definition) is 2. The normalized spacial score (nSPS) is 18.1. The van der Waals surface area contributed by atoms with Crippen molar-refractivity contribution in [3.8, 4) is 0 Å². The van der Waals surface area contributed by atoms with Crippen LogP contribution in [0, 0.1) is 0 Å². The first-order valence-corrected chi connectivity index (χ1v) is 6.91. The Hall–Kier alpha value is -2.36. The molecule has 1 amide bonds. The molecule has 0 radical (unpaired) electrons. The zero-order valence-corrected chi connectivity index (χ0v) is 12.0. The van der Waals surface area contributed by atoms with E-state index in [4.69, 9.17) is 0 Å². The Morgan fingerprint density at radius 1 is 1.05 bits per heavy atom. The maximum absolute atomic E-state index is 14.6. The largest absolute Gasteiger partial charge is 0.329 e. The lowest BCUT2D eigenvalue weighted by Crippen LogP contribution is -2.59. The van der Waals surface area contributed by atoms with Gasteiger partial charge < -0.3 is 10.2 Å². The molecule has 2 aromatic rings. The van der Waals surface area contributed by atoms with Crippen LogP contribution in [0.15, 0.2) is 54.6 Å². The first-order chi connectivity index (χ1) is 9.98. The number of fused-ring (bicyclic) bond motifs is 1. The minimum Gasteiger partial charge on any atom is -0.329 e. The molecule has 0 bridgehead atoms. The quantitative estimate of drug-likeness (QED) is 0.913. The number of carbonyl (C=O) groups excluding carboxylic acids is 1. The van der Waals surface area contributed by atoms with Crippen LogP contribution < -0.4 is 10.2 Å². The smallest absolute Gasteiger partial charge is 0.255 e. The van der Waals surface area contributed by atoms with E-state index in [9.17, 15) is 9.18 Å². The van der Waals surface area contributed by atoms with Gasteiger partial charge in [0.2, 0.25) is 0 Å². The molecule has 1 aliphatic heterocycles. The number of hydrogen-bond donors (Lipinski definition) is 1. The van der Waals surface area contributed by atoms with E-state index in [0.717, 1.165) is 11.4 Å². The van der Waals surface area contributed by atoms with Gasteiger partial charge in [-0.15, -0.1) is 0 Å². The molecule has 0 saturated carbocycles. The Morgan fingerprint density at radius 3 is 2.33 bits per heavy atom. The van der Waals surface area contributed by atoms with E-state index in [1.54, 1.807) is 6.07 Å². The third-order valence-corrected chi connectivity index (χ3v) is 3.62. The van der Waals surface area contributed by atoms with Crippen LogP contribution in [0.5, 0.6) is 0 Å². The van der Waals surface area contributed by atoms with Gasteiger partial charge >= 0.3 is 0 Å². The van der Waals surface area contributed by atoms with E-state index in [-0.39, 0.29) is 5.91 Å². The number of rotatable bonds is 2. The Kier molecular flexibility index (Phi) is 3.16. The molecule has 0 spiro atoms. The second-order valence-corrected chi connectivity index (χ2v) is 5.66. The van der Waals surface area contributed by atoms with Crippen LogP contribution in [-0.2, 0) is 0 Å². The van der Waals surface area contributed by atoms with Gasteiger partial charge in [0, 0.05) is 5.69 Å². The van der Waals surface area contributed by atoms with Gasteiger partial charge in [0.25, 0.3) is 5.91 Å². The molecule has 1 heterocycles. The highest BCUT2D eigenvalue weighted by Gasteiger charge is 2.41. The summed E-state index contributed by atoms with van der Waals surface area (Å²) in [6, 6.07) is 16.8. The number of alkyl halides is 1. The molecule has 1 atom stereocenters. The number of para-hydroxylation sites is 2. The van der Waals surface area contributed by atoms with Crippen molar-refractivity contribution in [2.75, 3.05) is 4.90 Å². The highest BCUT2D eigenvalue weighted by molar-refractivity contribution is 6.03. The fraction of sp³-hybridized carbons (Fsp3) is 0.235. The summed E-state index contributed by atoms with van der Waals surface area (Å²) in [5, 5.41) is 2.77. The lowest BCUT2D eigenvalue weighted by molar-refractivity contribution is 0.0833. The number of anilines is 2. The molecule has 108 valence electrons. The van der Waals surface area contributed by atoms with Crippen LogP contribution >= 0.6 is 0 Å². The van der Waals surface area contributed by atoms with Crippen LogP contribution in [-0.4, -0.2) is 17.7 Å². The average Bonchev–Trinajstić information content (AvgIpc) is 2.47. The summed E-state index contributed by atoms with van der Waals surface area (Å²) in [4.78, 5) is 14.1. The van der Waals surface area contributed by atoms with E-state index < -0.39 is 11.8 Å². The SMILES string of the molecule is CC(C)(F)[C@@H]1NC(=O)c2ccccc2N1c1ccccc1. The number of amides is 1. The van der Waals surface area contributed by atoms with Crippen molar-refractivity contribution in [3.63, 3.8) is 0 Å². The second kappa shape index (κ2) is 4.88. The Labute approximate surface area is 123 Å². The number of halogens is 1. The molecule has 0 unspecified atom stereocenters. The van der Waals surface area contributed by atoms with Gasteiger partial charge in [-0.25, -0.2) is 4.39 Å². The third-order valence-electron chi connectivity index (χ3n) is 3.62. The maximum Gasteiger partial charge on any atom is 0.255 e. The van der Waals surface area contributed by atoms with Gasteiger partial charge in [0.05, 0.1) is 11.3 Å². The molecule has 0 aliphatic carbocycles. The predicted octanol–water partition coefficient (Wildman–Crippen LogP) is 3.64. The monoisotopic (exact) mass is 284 g/mol. The van der Waals surface area contributed by atoms with Gasteiger partial charge in [-0.1, -0.05) is 30.3 Å². The molecule has 2 aromatic carbocycles. The summed E-state index contributed by atoms with van der Waals surface area (Å²) in [6.45, 7) is 2.95. The summed E-state index contributed by atoms with van der Waals surface area (Å²) in [6.07, 6.45) is -0.748. The molecule has 3 rings (SSSR count). The fourth-order valence-electron chi connectivity index (χ4n) is 2.64. The molecule has 3 nitrogen and oxygen atoms in total. The summed E-state index contributed by atoms with van der Waals surface area (Å²) in [5.41, 5.74) is 0.546. The van der Waals surface area contributed by atoms with E-state index in [0.29, 0.717) is 5.56 Å². The molecule has 0 saturated heterocycles. The molecule has 0 aromatic heterocycles. The molecule has 4 heteroatoms. The Balaban J connectivity index is 2.19. The van der Waals surface area contributed by atoms with Crippen molar-refractivity contribution in [3.05, 3.63) is 60.2 Å². The minimum atomic E-state index is -1.58. The van der Waals surface area contributed by atoms with E-state index >= 15 is 0 Å². The second-order valence-electron chi connectivity index (χ2n) is 5.66. The van der Waals surface area contributed by atoms with Crippen molar-refractivity contribution < 1.29 is 9.18 Å². The van der Waals surface area contributed by atoms with Crippen molar-refractivity contribution in [2.24, 2.45) is 0 Å². The molecule has 0 fully saturated rings. The maximum atomic E-state index is 14.6. The van der Waals surface area contributed by atoms with Gasteiger partial charge in [0.1, 0.15) is 11.8 Å². The van der Waals surface area contributed by atoms with Gasteiger partial charge in [0.15, 0.2) is 0 Å². The Bertz CT molecular complexity index is 664. The molecular weight excluding hydrogens is 267 g/mol. The van der Waals surface area contributed by atoms with Crippen molar-refractivity contribution in [2.45, 2.75) is 25.7 Å². The standard InChI is InChI=1S/C17H17FN2O/c1-17(2,18)16-19-15(21)13-10-6-7-11-14(13)20(16)12-8-4-3-5-9-12/h3-11,16H,1-2H3,(H,19,21)/t16-/m1/s1. The first kappa shape index (κ1) is 13.6. The summed E-state index contributed by atoms with van der Waals surface area (Å²) >= 11 is 0. The van der Waals surface area contributed by atoms with Gasteiger partial charge in [-0.05, 0) is 38.1 Å². The molecular formula is C17H17FN2O. The van der Waals surface area contributed by atoms with Crippen LogP contribution in [0.3, 0.4) is 0 Å². The van der Waals surface area contributed by atoms with Crippen molar-refractivity contribution >= 4 is 17.3 Å². The lowest BCUT2D eigenvalue weighted by Gasteiger charge is -2.43. The fourth-order valence-corrected chi connectivity index (χ4v) is 2.64. The first-order valence-electron chi connectivity index (χ1n) is 6.91. The van der Waals surface area contributed by atoms with Crippen LogP contribution in [0.2, 0.25) is 0 Å². The van der Waals surface area contributed by atoms with E-state index in [1.807, 2.05) is 53.4 Å². The Morgan fingerprint density at radius 2 is 1.67 bits per heavy atom. The molecule has 21 heavy (non-hydrogen) atoms. The number of carbonyl (C=O) groups is 1. The number of benzene rings is 2. The van der Waals surface area contributed by atoms with Crippen molar-refractivity contribution in [1.82, 2.24) is 5.32 Å². The summed E-state index contributed by atoms with van der Waals surface area (Å²) in [7, 11) is 0. The van der Waals surface area contributed by atoms with Crippen LogP contribution in [0.25, 0.3) is 0 Å². The van der Waals surface area contributed by atoms with E-state index in [2.05, 4.69) is 5.32 Å². The third kappa shape index (κ3) is 2.37. The molecule has 1 N–H and O–H groups in total. The zero-order valence-electron chi connectivity index (χ0n) is 12.0.